The van der Waals surface area contributed by atoms with Gasteiger partial charge in [-0.25, -0.2) is 4.79 Å². The van der Waals surface area contributed by atoms with Gasteiger partial charge in [0.25, 0.3) is 0 Å². The molecule has 21 heavy (non-hydrogen) atoms. The van der Waals surface area contributed by atoms with Crippen molar-refractivity contribution in [3.05, 3.63) is 44.6 Å². The standard InChI is InChI=1S/C14H14BrClN2O2S/c1-3-18-12(13(15)8(2)17-18)7-21-9-4-5-11(16)10(6-9)14(19)20/h4-6H,3,7H2,1-2H3,(H,19,20). The Morgan fingerprint density at radius 1 is 1.52 bits per heavy atom. The largest absolute Gasteiger partial charge is 0.478 e. The van der Waals surface area contributed by atoms with Crippen molar-refractivity contribution in [2.75, 3.05) is 0 Å². The molecule has 0 saturated heterocycles. The topological polar surface area (TPSA) is 55.1 Å². The maximum atomic E-state index is 11.1. The minimum Gasteiger partial charge on any atom is -0.478 e. The summed E-state index contributed by atoms with van der Waals surface area (Å²) in [6, 6.07) is 5.04. The number of aromatic nitrogens is 2. The van der Waals surface area contributed by atoms with Crippen LogP contribution in [0.3, 0.4) is 0 Å². The van der Waals surface area contributed by atoms with E-state index in [1.54, 1.807) is 23.9 Å². The summed E-state index contributed by atoms with van der Waals surface area (Å²) in [7, 11) is 0. The first-order chi connectivity index (χ1) is 9.93. The van der Waals surface area contributed by atoms with E-state index in [-0.39, 0.29) is 10.6 Å². The molecular weight excluding hydrogens is 376 g/mol. The molecule has 1 heterocycles. The third-order valence-corrected chi connectivity index (χ3v) is 5.36. The number of carbonyl (C=O) groups is 1. The van der Waals surface area contributed by atoms with Gasteiger partial charge in [0.15, 0.2) is 0 Å². The number of rotatable bonds is 5. The first kappa shape index (κ1) is 16.4. The monoisotopic (exact) mass is 388 g/mol. The Morgan fingerprint density at radius 3 is 2.86 bits per heavy atom. The van der Waals surface area contributed by atoms with Crippen LogP contribution in [0, 0.1) is 6.92 Å². The van der Waals surface area contributed by atoms with Gasteiger partial charge in [0, 0.05) is 17.2 Å². The average molecular weight is 390 g/mol. The van der Waals surface area contributed by atoms with E-state index in [9.17, 15) is 4.79 Å². The summed E-state index contributed by atoms with van der Waals surface area (Å²) in [4.78, 5) is 12.0. The molecule has 2 rings (SSSR count). The van der Waals surface area contributed by atoms with Crippen LogP contribution in [0.1, 0.15) is 28.7 Å². The third kappa shape index (κ3) is 3.62. The van der Waals surface area contributed by atoms with Crippen molar-refractivity contribution < 1.29 is 9.90 Å². The number of benzene rings is 1. The Morgan fingerprint density at radius 2 is 2.24 bits per heavy atom. The van der Waals surface area contributed by atoms with Gasteiger partial charge in [0.2, 0.25) is 0 Å². The van der Waals surface area contributed by atoms with Crippen molar-refractivity contribution in [2.45, 2.75) is 31.0 Å². The highest BCUT2D eigenvalue weighted by molar-refractivity contribution is 9.10. The van der Waals surface area contributed by atoms with Gasteiger partial charge in [-0.1, -0.05) is 11.6 Å². The Bertz CT molecular complexity index is 688. The molecule has 0 spiro atoms. The molecule has 1 aromatic carbocycles. The van der Waals surface area contributed by atoms with E-state index in [4.69, 9.17) is 16.7 Å². The van der Waals surface area contributed by atoms with Gasteiger partial charge in [-0.05, 0) is 48.0 Å². The van der Waals surface area contributed by atoms with Crippen LogP contribution in [0.15, 0.2) is 27.6 Å². The van der Waals surface area contributed by atoms with Gasteiger partial charge in [-0.3, -0.25) is 4.68 Å². The molecule has 0 bridgehead atoms. The van der Waals surface area contributed by atoms with E-state index in [1.807, 2.05) is 24.6 Å². The quantitative estimate of drug-likeness (QED) is 0.758. The summed E-state index contributed by atoms with van der Waals surface area (Å²) >= 11 is 11.0. The van der Waals surface area contributed by atoms with Crippen LogP contribution in [0.2, 0.25) is 5.02 Å². The fourth-order valence-electron chi connectivity index (χ4n) is 1.92. The lowest BCUT2D eigenvalue weighted by Gasteiger charge is -2.07. The van der Waals surface area contributed by atoms with E-state index < -0.39 is 5.97 Å². The number of hydrogen-bond acceptors (Lipinski definition) is 3. The van der Waals surface area contributed by atoms with Crippen LogP contribution >= 0.6 is 39.3 Å². The second-order valence-electron chi connectivity index (χ2n) is 4.40. The minimum absolute atomic E-state index is 0.126. The van der Waals surface area contributed by atoms with E-state index in [0.717, 1.165) is 27.3 Å². The van der Waals surface area contributed by atoms with Gasteiger partial charge in [-0.15, -0.1) is 11.8 Å². The zero-order valence-electron chi connectivity index (χ0n) is 11.6. The van der Waals surface area contributed by atoms with Crippen molar-refractivity contribution >= 4 is 45.3 Å². The number of nitrogens with zero attached hydrogens (tertiary/aromatic N) is 2. The molecule has 0 fully saturated rings. The number of thioether (sulfide) groups is 1. The SMILES string of the molecule is CCn1nc(C)c(Br)c1CSc1ccc(Cl)c(C(=O)O)c1. The minimum atomic E-state index is -1.02. The summed E-state index contributed by atoms with van der Waals surface area (Å²) in [5, 5.41) is 13.8. The van der Waals surface area contributed by atoms with Crippen LogP contribution in [-0.2, 0) is 12.3 Å². The molecule has 0 aliphatic rings. The van der Waals surface area contributed by atoms with Crippen LogP contribution in [0.4, 0.5) is 0 Å². The highest BCUT2D eigenvalue weighted by Gasteiger charge is 2.14. The predicted molar refractivity (Wildman–Crippen MR) is 88.3 cm³/mol. The Labute approximate surface area is 140 Å². The lowest BCUT2D eigenvalue weighted by molar-refractivity contribution is 0.0697. The highest BCUT2D eigenvalue weighted by Crippen LogP contribution is 2.31. The number of aromatic carboxylic acids is 1. The fourth-order valence-corrected chi connectivity index (χ4v) is 3.69. The molecule has 0 radical (unpaired) electrons. The summed E-state index contributed by atoms with van der Waals surface area (Å²) in [5.41, 5.74) is 2.17. The van der Waals surface area contributed by atoms with Gasteiger partial charge < -0.3 is 5.11 Å². The molecule has 0 aliphatic heterocycles. The van der Waals surface area contributed by atoms with Gasteiger partial charge in [0.1, 0.15) is 0 Å². The highest BCUT2D eigenvalue weighted by atomic mass is 79.9. The molecule has 1 N–H and O–H groups in total. The van der Waals surface area contributed by atoms with E-state index in [0.29, 0.717) is 5.75 Å². The molecule has 4 nitrogen and oxygen atoms in total. The second-order valence-corrected chi connectivity index (χ2v) is 6.65. The Kier molecular flexibility index (Phi) is 5.35. The average Bonchev–Trinajstić information content (AvgIpc) is 2.73. The van der Waals surface area contributed by atoms with Gasteiger partial charge in [-0.2, -0.15) is 5.10 Å². The molecule has 112 valence electrons. The van der Waals surface area contributed by atoms with Crippen molar-refractivity contribution in [1.29, 1.82) is 0 Å². The molecule has 7 heteroatoms. The molecule has 1 aromatic heterocycles. The molecule has 2 aromatic rings. The maximum absolute atomic E-state index is 11.1. The van der Waals surface area contributed by atoms with E-state index >= 15 is 0 Å². The Balaban J connectivity index is 2.21. The van der Waals surface area contributed by atoms with Gasteiger partial charge >= 0.3 is 5.97 Å². The first-order valence-electron chi connectivity index (χ1n) is 6.31. The Hall–Kier alpha value is -0.980. The first-order valence-corrected chi connectivity index (χ1v) is 8.47. The van der Waals surface area contributed by atoms with Crippen LogP contribution < -0.4 is 0 Å². The van der Waals surface area contributed by atoms with Crippen molar-refractivity contribution in [2.24, 2.45) is 0 Å². The van der Waals surface area contributed by atoms with Crippen LogP contribution in [0.25, 0.3) is 0 Å². The van der Waals surface area contributed by atoms with Crippen LogP contribution in [0.5, 0.6) is 0 Å². The lowest BCUT2D eigenvalue weighted by Crippen LogP contribution is -2.02. The number of carboxylic acids is 1. The number of aryl methyl sites for hydroxylation is 2. The summed E-state index contributed by atoms with van der Waals surface area (Å²) in [6.45, 7) is 4.79. The molecular formula is C14H14BrClN2O2S. The normalized spacial score (nSPS) is 10.9. The zero-order valence-corrected chi connectivity index (χ0v) is 14.7. The second kappa shape index (κ2) is 6.85. The number of halogens is 2. The summed E-state index contributed by atoms with van der Waals surface area (Å²) < 4.78 is 2.95. The lowest BCUT2D eigenvalue weighted by atomic mass is 10.2. The predicted octanol–water partition coefficient (Wildman–Crippen LogP) is 4.62. The van der Waals surface area contributed by atoms with E-state index in [2.05, 4.69) is 21.0 Å². The molecule has 0 aliphatic carbocycles. The number of hydrogen-bond donors (Lipinski definition) is 1. The van der Waals surface area contributed by atoms with Crippen molar-refractivity contribution in [1.82, 2.24) is 9.78 Å². The van der Waals surface area contributed by atoms with Crippen LogP contribution in [-0.4, -0.2) is 20.9 Å². The maximum Gasteiger partial charge on any atom is 0.337 e. The van der Waals surface area contributed by atoms with E-state index in [1.165, 1.54) is 0 Å². The summed E-state index contributed by atoms with van der Waals surface area (Å²) in [5.74, 6) is -0.311. The molecule has 0 saturated carbocycles. The smallest absolute Gasteiger partial charge is 0.337 e. The molecule has 0 atom stereocenters. The third-order valence-electron chi connectivity index (χ3n) is 3.00. The van der Waals surface area contributed by atoms with Crippen molar-refractivity contribution in [3.8, 4) is 0 Å². The van der Waals surface area contributed by atoms with Crippen molar-refractivity contribution in [3.63, 3.8) is 0 Å². The molecule has 0 unspecified atom stereocenters. The fraction of sp³-hybridized carbons (Fsp3) is 0.286. The van der Waals surface area contributed by atoms with Gasteiger partial charge in [0.05, 0.1) is 26.4 Å². The zero-order chi connectivity index (χ0) is 15.6. The summed E-state index contributed by atoms with van der Waals surface area (Å²) in [6.07, 6.45) is 0. The molecule has 0 amide bonds. The number of carboxylic acid groups (broad SMARTS) is 1.